The molecule has 0 fully saturated rings. The number of aromatic nitrogens is 1. The standard InChI is InChI=1S/C15H18N4O2S.2ClH/c1-16-10-6-12-18-14-9-5-11-17-15(14)19(22(18,20)21)13-7-3-2-4-8-13;;/h2-5,7-9,11,16H,6,10,12H2,1H3;2*1H. The van der Waals surface area contributed by atoms with E-state index in [1.165, 1.54) is 8.61 Å². The van der Waals surface area contributed by atoms with E-state index in [1.54, 1.807) is 30.5 Å². The predicted molar refractivity (Wildman–Crippen MR) is 102 cm³/mol. The maximum atomic E-state index is 12.9. The lowest BCUT2D eigenvalue weighted by Crippen LogP contribution is -2.36. The number of rotatable bonds is 5. The van der Waals surface area contributed by atoms with Gasteiger partial charge in [-0.15, -0.1) is 24.8 Å². The van der Waals surface area contributed by atoms with Crippen LogP contribution in [0, 0.1) is 0 Å². The molecule has 0 unspecified atom stereocenters. The summed E-state index contributed by atoms with van der Waals surface area (Å²) >= 11 is 0. The Morgan fingerprint density at radius 2 is 1.79 bits per heavy atom. The molecule has 0 radical (unpaired) electrons. The van der Waals surface area contributed by atoms with Crippen LogP contribution in [0.4, 0.5) is 17.2 Å². The smallest absolute Gasteiger partial charge is 0.320 e. The van der Waals surface area contributed by atoms with Crippen LogP contribution in [-0.2, 0) is 10.2 Å². The van der Waals surface area contributed by atoms with Crippen LogP contribution in [0.5, 0.6) is 0 Å². The van der Waals surface area contributed by atoms with Crippen LogP contribution < -0.4 is 13.9 Å². The molecule has 1 aliphatic rings. The molecule has 6 nitrogen and oxygen atoms in total. The van der Waals surface area contributed by atoms with Gasteiger partial charge in [-0.05, 0) is 44.3 Å². The number of nitrogens with zero attached hydrogens (tertiary/aromatic N) is 3. The number of halogens is 2. The Morgan fingerprint density at radius 3 is 2.46 bits per heavy atom. The Kier molecular flexibility index (Phi) is 7.28. The average molecular weight is 391 g/mol. The monoisotopic (exact) mass is 390 g/mol. The van der Waals surface area contributed by atoms with E-state index in [1.807, 2.05) is 25.2 Å². The SMILES string of the molecule is CNCCCN1c2cccnc2N(c2ccccc2)S1(=O)=O.Cl.Cl. The lowest BCUT2D eigenvalue weighted by Gasteiger charge is -2.21. The Balaban J connectivity index is 0.00000144. The van der Waals surface area contributed by atoms with Crippen LogP contribution in [0.2, 0.25) is 0 Å². The highest BCUT2D eigenvalue weighted by molar-refractivity contribution is 7.95. The molecule has 2 heterocycles. The van der Waals surface area contributed by atoms with E-state index in [4.69, 9.17) is 0 Å². The first-order valence-corrected chi connectivity index (χ1v) is 8.53. The van der Waals surface area contributed by atoms with Crippen LogP contribution in [0.15, 0.2) is 48.7 Å². The van der Waals surface area contributed by atoms with E-state index in [2.05, 4.69) is 10.3 Å². The van der Waals surface area contributed by atoms with Gasteiger partial charge in [0.2, 0.25) is 0 Å². The van der Waals surface area contributed by atoms with E-state index in [-0.39, 0.29) is 24.8 Å². The van der Waals surface area contributed by atoms with E-state index in [0.29, 0.717) is 23.7 Å². The molecule has 3 rings (SSSR count). The molecule has 0 aliphatic carbocycles. The van der Waals surface area contributed by atoms with Crippen molar-refractivity contribution in [1.82, 2.24) is 10.3 Å². The van der Waals surface area contributed by atoms with Gasteiger partial charge in [-0.1, -0.05) is 18.2 Å². The third-order valence-corrected chi connectivity index (χ3v) is 5.30. The minimum absolute atomic E-state index is 0. The quantitative estimate of drug-likeness (QED) is 0.797. The zero-order valence-corrected chi connectivity index (χ0v) is 15.6. The number of anilines is 3. The number of hydrogen-bond acceptors (Lipinski definition) is 4. The number of para-hydroxylation sites is 1. The maximum absolute atomic E-state index is 12.9. The molecule has 0 spiro atoms. The predicted octanol–water partition coefficient (Wildman–Crippen LogP) is 2.74. The van der Waals surface area contributed by atoms with Gasteiger partial charge in [-0.2, -0.15) is 8.42 Å². The van der Waals surface area contributed by atoms with Crippen LogP contribution in [0.1, 0.15) is 6.42 Å². The van der Waals surface area contributed by atoms with Gasteiger partial charge in [-0.25, -0.2) is 13.6 Å². The number of fused-ring (bicyclic) bond motifs is 1. The Hall–Kier alpha value is -1.54. The molecule has 1 aromatic heterocycles. The fourth-order valence-electron chi connectivity index (χ4n) is 2.53. The molecule has 1 N–H and O–H groups in total. The highest BCUT2D eigenvalue weighted by Gasteiger charge is 2.41. The molecular formula is C15H20Cl2N4O2S. The molecule has 2 aromatic rings. The van der Waals surface area contributed by atoms with E-state index >= 15 is 0 Å². The second-order valence-corrected chi connectivity index (χ2v) is 6.68. The first kappa shape index (κ1) is 20.5. The summed E-state index contributed by atoms with van der Waals surface area (Å²) < 4.78 is 28.6. The molecule has 0 amide bonds. The summed E-state index contributed by atoms with van der Waals surface area (Å²) in [4.78, 5) is 4.28. The second kappa shape index (κ2) is 8.53. The van der Waals surface area contributed by atoms with Gasteiger partial charge in [0.1, 0.15) is 0 Å². The highest BCUT2D eigenvalue weighted by atomic mass is 35.5. The fraction of sp³-hybridized carbons (Fsp3) is 0.267. The molecule has 0 atom stereocenters. The van der Waals surface area contributed by atoms with E-state index in [9.17, 15) is 8.42 Å². The normalized spacial score (nSPS) is 14.5. The number of benzene rings is 1. The highest BCUT2D eigenvalue weighted by Crippen LogP contribution is 2.43. The second-order valence-electron chi connectivity index (χ2n) is 4.98. The third-order valence-electron chi connectivity index (χ3n) is 3.52. The molecule has 0 saturated carbocycles. The van der Waals surface area contributed by atoms with Gasteiger partial charge in [0.05, 0.1) is 11.4 Å². The van der Waals surface area contributed by atoms with Gasteiger partial charge in [0.15, 0.2) is 5.82 Å². The van der Waals surface area contributed by atoms with Gasteiger partial charge < -0.3 is 5.32 Å². The van der Waals surface area contributed by atoms with E-state index in [0.717, 1.165) is 13.0 Å². The van der Waals surface area contributed by atoms with Crippen LogP contribution in [0.3, 0.4) is 0 Å². The van der Waals surface area contributed by atoms with Crippen molar-refractivity contribution in [2.24, 2.45) is 0 Å². The summed E-state index contributed by atoms with van der Waals surface area (Å²) in [6.45, 7) is 1.18. The Morgan fingerprint density at radius 1 is 1.08 bits per heavy atom. The minimum Gasteiger partial charge on any atom is -0.320 e. The van der Waals surface area contributed by atoms with Gasteiger partial charge in [0.25, 0.3) is 0 Å². The zero-order chi connectivity index (χ0) is 15.6. The minimum atomic E-state index is -3.64. The van der Waals surface area contributed by atoms with Gasteiger partial charge in [-0.3, -0.25) is 0 Å². The molecule has 1 aliphatic heterocycles. The first-order chi connectivity index (χ1) is 10.7. The zero-order valence-electron chi connectivity index (χ0n) is 13.1. The van der Waals surface area contributed by atoms with E-state index < -0.39 is 10.2 Å². The Labute approximate surface area is 154 Å². The molecule has 132 valence electrons. The van der Waals surface area contributed by atoms with Crippen molar-refractivity contribution >= 4 is 52.2 Å². The van der Waals surface area contributed by atoms with Crippen LogP contribution >= 0.6 is 24.8 Å². The van der Waals surface area contributed by atoms with Crippen molar-refractivity contribution in [3.05, 3.63) is 48.7 Å². The molecule has 24 heavy (non-hydrogen) atoms. The average Bonchev–Trinajstić information content (AvgIpc) is 2.75. The summed E-state index contributed by atoms with van der Waals surface area (Å²) in [6, 6.07) is 12.6. The molecule has 0 bridgehead atoms. The summed E-state index contributed by atoms with van der Waals surface area (Å²) in [5, 5.41) is 3.04. The van der Waals surface area contributed by atoms with Crippen LogP contribution in [0.25, 0.3) is 0 Å². The molecule has 0 saturated heterocycles. The lowest BCUT2D eigenvalue weighted by molar-refractivity contribution is 0.591. The number of pyridine rings is 1. The van der Waals surface area contributed by atoms with Crippen molar-refractivity contribution in [2.75, 3.05) is 28.7 Å². The lowest BCUT2D eigenvalue weighted by atomic mass is 10.3. The first-order valence-electron chi connectivity index (χ1n) is 7.14. The number of nitrogens with one attached hydrogen (secondary N) is 1. The molecule has 9 heteroatoms. The van der Waals surface area contributed by atoms with Crippen molar-refractivity contribution in [2.45, 2.75) is 6.42 Å². The molecular weight excluding hydrogens is 371 g/mol. The Bertz CT molecular complexity index is 759. The summed E-state index contributed by atoms with van der Waals surface area (Å²) in [7, 11) is -1.79. The van der Waals surface area contributed by atoms with Gasteiger partial charge >= 0.3 is 10.2 Å². The third kappa shape index (κ3) is 3.59. The van der Waals surface area contributed by atoms with Crippen molar-refractivity contribution in [3.8, 4) is 0 Å². The molecule has 1 aromatic carbocycles. The van der Waals surface area contributed by atoms with Gasteiger partial charge in [0, 0.05) is 12.7 Å². The van der Waals surface area contributed by atoms with Crippen molar-refractivity contribution < 1.29 is 8.42 Å². The topological polar surface area (TPSA) is 65.5 Å². The summed E-state index contributed by atoms with van der Waals surface area (Å²) in [5.41, 5.74) is 1.22. The van der Waals surface area contributed by atoms with Crippen molar-refractivity contribution in [1.29, 1.82) is 0 Å². The number of hydrogen-bond donors (Lipinski definition) is 1. The van der Waals surface area contributed by atoms with Crippen molar-refractivity contribution in [3.63, 3.8) is 0 Å². The summed E-state index contributed by atoms with van der Waals surface area (Å²) in [5.74, 6) is 0.457. The fourth-order valence-corrected chi connectivity index (χ4v) is 4.22. The van der Waals surface area contributed by atoms with Crippen LogP contribution in [-0.4, -0.2) is 33.5 Å². The summed E-state index contributed by atoms with van der Waals surface area (Å²) in [6.07, 6.45) is 2.34. The maximum Gasteiger partial charge on any atom is 0.332 e. The largest absolute Gasteiger partial charge is 0.332 e.